The normalized spacial score (nSPS) is 11.8. The Balaban J connectivity index is 2.34. The van der Waals surface area contributed by atoms with Crippen molar-refractivity contribution in [2.45, 2.75) is 213 Å². The van der Waals surface area contributed by atoms with Gasteiger partial charge in [-0.25, -0.2) is 9.59 Å². The van der Waals surface area contributed by atoms with Crippen molar-refractivity contribution in [1.29, 1.82) is 0 Å². The first-order valence-corrected chi connectivity index (χ1v) is 21.5. The number of aliphatic carboxylic acids is 1. The van der Waals surface area contributed by atoms with Gasteiger partial charge in [0.05, 0.1) is 0 Å². The molecular formula is C44H78N2O5. The second-order valence-electron chi connectivity index (χ2n) is 14.9. The maximum Gasteiger partial charge on any atom is 0.408 e. The highest BCUT2D eigenvalue weighted by molar-refractivity contribution is 5.80. The quantitative estimate of drug-likeness (QED) is 0.0600. The predicted octanol–water partition coefficient (Wildman–Crippen LogP) is 12.5. The van der Waals surface area contributed by atoms with Crippen molar-refractivity contribution < 1.29 is 24.2 Å². The maximum atomic E-state index is 13.3. The number of carboxylic acid groups (broad SMARTS) is 1. The van der Waals surface area contributed by atoms with Gasteiger partial charge in [0.1, 0.15) is 12.6 Å². The number of alkyl carbamates (subject to hydrolysis) is 1. The molecule has 2 amide bonds. The molecule has 51 heavy (non-hydrogen) atoms. The Morgan fingerprint density at radius 3 is 1.41 bits per heavy atom. The maximum absolute atomic E-state index is 13.3. The molecule has 0 spiro atoms. The van der Waals surface area contributed by atoms with E-state index >= 15 is 0 Å². The third-order valence-corrected chi connectivity index (χ3v) is 10.2. The van der Waals surface area contributed by atoms with Crippen molar-refractivity contribution in [3.63, 3.8) is 0 Å². The van der Waals surface area contributed by atoms with Crippen LogP contribution in [0.2, 0.25) is 0 Å². The molecule has 0 aliphatic carbocycles. The minimum absolute atomic E-state index is 0.0593. The molecule has 0 saturated heterocycles. The highest BCUT2D eigenvalue weighted by Crippen LogP contribution is 2.21. The fourth-order valence-electron chi connectivity index (χ4n) is 6.86. The second-order valence-corrected chi connectivity index (χ2v) is 14.9. The van der Waals surface area contributed by atoms with Crippen LogP contribution >= 0.6 is 0 Å². The number of nitrogens with one attached hydrogen (secondary N) is 2. The van der Waals surface area contributed by atoms with Crippen molar-refractivity contribution in [1.82, 2.24) is 10.6 Å². The molecule has 0 aliphatic heterocycles. The van der Waals surface area contributed by atoms with Gasteiger partial charge in [-0.2, -0.15) is 0 Å². The summed E-state index contributed by atoms with van der Waals surface area (Å²) in [7, 11) is 0. The molecule has 3 N–H and O–H groups in total. The molecule has 0 saturated carbocycles. The van der Waals surface area contributed by atoms with Crippen molar-refractivity contribution in [2.75, 3.05) is 6.54 Å². The van der Waals surface area contributed by atoms with Gasteiger partial charge in [-0.1, -0.05) is 198 Å². The van der Waals surface area contributed by atoms with Crippen LogP contribution in [0.1, 0.15) is 206 Å². The lowest BCUT2D eigenvalue weighted by atomic mass is 9.93. The molecule has 0 bridgehead atoms. The third kappa shape index (κ3) is 28.7. The van der Waals surface area contributed by atoms with E-state index in [-0.39, 0.29) is 24.9 Å². The van der Waals surface area contributed by atoms with Crippen LogP contribution in [0.15, 0.2) is 30.3 Å². The van der Waals surface area contributed by atoms with E-state index in [4.69, 9.17) is 4.74 Å². The number of unbranched alkanes of at least 4 members (excludes halogenated alkanes) is 23. The van der Waals surface area contributed by atoms with Crippen molar-refractivity contribution in [3.05, 3.63) is 35.9 Å². The number of carbonyl (C=O) groups excluding carboxylic acids is 2. The topological polar surface area (TPSA) is 105 Å². The highest BCUT2D eigenvalue weighted by Gasteiger charge is 2.21. The van der Waals surface area contributed by atoms with Crippen molar-refractivity contribution in [3.8, 4) is 0 Å². The molecule has 0 aliphatic rings. The summed E-state index contributed by atoms with van der Waals surface area (Å²) in [5, 5.41) is 15.2. The molecule has 1 atom stereocenters. The van der Waals surface area contributed by atoms with Crippen LogP contribution in [-0.2, 0) is 20.9 Å². The van der Waals surface area contributed by atoms with Gasteiger partial charge in [0.2, 0.25) is 5.91 Å². The molecular weight excluding hydrogens is 636 g/mol. The Kier molecular flexibility index (Phi) is 31.4. The number of rotatable bonds is 36. The first kappa shape index (κ1) is 46.5. The van der Waals surface area contributed by atoms with Crippen molar-refractivity contribution in [2.24, 2.45) is 5.92 Å². The first-order chi connectivity index (χ1) is 25.0. The van der Waals surface area contributed by atoms with Gasteiger partial charge in [0.15, 0.2) is 0 Å². The van der Waals surface area contributed by atoms with Crippen LogP contribution in [0.5, 0.6) is 0 Å². The number of hydrogen-bond donors (Lipinski definition) is 3. The Labute approximate surface area is 313 Å². The SMILES string of the molecule is CCCCCCCCCCCCCCC(CCCCCCCCCCCCCC)C(=O)NCCCCC(NC(=O)OCc1ccccc1)C(=O)O. The number of amides is 2. The second kappa shape index (κ2) is 34.5. The van der Waals surface area contributed by atoms with Crippen LogP contribution in [-0.4, -0.2) is 35.7 Å². The number of carbonyl (C=O) groups is 3. The summed E-state index contributed by atoms with van der Waals surface area (Å²) in [4.78, 5) is 37.2. The molecule has 0 radical (unpaired) electrons. The van der Waals surface area contributed by atoms with Crippen molar-refractivity contribution >= 4 is 18.0 Å². The fraction of sp³-hybridized carbons (Fsp3) is 0.795. The molecule has 1 aromatic carbocycles. The van der Waals surface area contributed by atoms with Gasteiger partial charge in [0, 0.05) is 12.5 Å². The zero-order chi connectivity index (χ0) is 37.0. The molecule has 0 aromatic heterocycles. The Morgan fingerprint density at radius 1 is 0.569 bits per heavy atom. The van der Waals surface area contributed by atoms with Gasteiger partial charge >= 0.3 is 12.1 Å². The highest BCUT2D eigenvalue weighted by atomic mass is 16.5. The summed E-state index contributed by atoms with van der Waals surface area (Å²) < 4.78 is 5.19. The minimum Gasteiger partial charge on any atom is -0.480 e. The molecule has 0 fully saturated rings. The summed E-state index contributed by atoms with van der Waals surface area (Å²) >= 11 is 0. The predicted molar refractivity (Wildman–Crippen MR) is 213 cm³/mol. The summed E-state index contributed by atoms with van der Waals surface area (Å²) in [6.45, 7) is 5.15. The lowest BCUT2D eigenvalue weighted by Crippen LogP contribution is -2.41. The number of benzene rings is 1. The van der Waals surface area contributed by atoms with Gasteiger partial charge in [-0.05, 0) is 37.7 Å². The standard InChI is InChI=1S/C44H78N2O5/c1-3-5-7-9-11-13-15-17-19-21-23-28-34-40(35-29-24-22-20-18-16-14-12-10-8-6-4-2)42(47)45-37-31-30-36-41(43(48)49)46-44(50)51-38-39-32-26-25-27-33-39/h25-27,32-33,40-41H,3-24,28-31,34-38H2,1-2H3,(H,45,47)(H,46,50)(H,48,49). The Bertz CT molecular complexity index is 928. The molecule has 7 heteroatoms. The molecule has 1 unspecified atom stereocenters. The summed E-state index contributed by atoms with van der Waals surface area (Å²) in [5.41, 5.74) is 0.839. The molecule has 1 rings (SSSR count). The average Bonchev–Trinajstić information content (AvgIpc) is 3.13. The van der Waals surface area contributed by atoms with Gasteiger partial charge in [-0.15, -0.1) is 0 Å². The van der Waals surface area contributed by atoms with Crippen LogP contribution < -0.4 is 10.6 Å². The van der Waals surface area contributed by atoms with Crippen LogP contribution in [0.4, 0.5) is 4.79 Å². The number of ether oxygens (including phenoxy) is 1. The lowest BCUT2D eigenvalue weighted by molar-refractivity contribution is -0.139. The van der Waals surface area contributed by atoms with Crippen LogP contribution in [0.25, 0.3) is 0 Å². The van der Waals surface area contributed by atoms with E-state index in [1.165, 1.54) is 141 Å². The van der Waals surface area contributed by atoms with E-state index in [0.717, 1.165) is 31.2 Å². The molecule has 1 aromatic rings. The first-order valence-electron chi connectivity index (χ1n) is 21.5. The van der Waals surface area contributed by atoms with E-state index in [9.17, 15) is 19.5 Å². The van der Waals surface area contributed by atoms with E-state index in [1.54, 1.807) is 0 Å². The fourth-order valence-corrected chi connectivity index (χ4v) is 6.86. The third-order valence-electron chi connectivity index (χ3n) is 10.2. The monoisotopic (exact) mass is 715 g/mol. The lowest BCUT2D eigenvalue weighted by Gasteiger charge is -2.18. The van der Waals surface area contributed by atoms with Gasteiger partial charge < -0.3 is 20.5 Å². The zero-order valence-corrected chi connectivity index (χ0v) is 33.0. The van der Waals surface area contributed by atoms with Crippen LogP contribution in [0, 0.1) is 5.92 Å². The zero-order valence-electron chi connectivity index (χ0n) is 33.0. The molecule has 7 nitrogen and oxygen atoms in total. The summed E-state index contributed by atoms with van der Waals surface area (Å²) in [5.74, 6) is -0.872. The minimum atomic E-state index is -1.08. The number of carboxylic acids is 1. The number of hydrogen-bond acceptors (Lipinski definition) is 4. The average molecular weight is 715 g/mol. The molecule has 294 valence electrons. The van der Waals surface area contributed by atoms with E-state index in [0.29, 0.717) is 19.4 Å². The van der Waals surface area contributed by atoms with Crippen LogP contribution in [0.3, 0.4) is 0 Å². The Hall–Kier alpha value is -2.57. The van der Waals surface area contributed by atoms with Gasteiger partial charge in [0.25, 0.3) is 0 Å². The van der Waals surface area contributed by atoms with E-state index in [2.05, 4.69) is 24.5 Å². The van der Waals surface area contributed by atoms with E-state index < -0.39 is 18.1 Å². The smallest absolute Gasteiger partial charge is 0.408 e. The van der Waals surface area contributed by atoms with Gasteiger partial charge in [-0.3, -0.25) is 4.79 Å². The Morgan fingerprint density at radius 2 is 0.980 bits per heavy atom. The molecule has 0 heterocycles. The largest absolute Gasteiger partial charge is 0.480 e. The summed E-state index contributed by atoms with van der Waals surface area (Å²) in [6, 6.07) is 8.27. The van der Waals surface area contributed by atoms with E-state index in [1.807, 2.05) is 30.3 Å². The summed E-state index contributed by atoms with van der Waals surface area (Å²) in [6.07, 6.45) is 34.3.